The molecule has 1 saturated heterocycles. The van der Waals surface area contributed by atoms with Crippen molar-refractivity contribution in [3.05, 3.63) is 77.6 Å². The Balaban J connectivity index is 1.59. The predicted molar refractivity (Wildman–Crippen MR) is 134 cm³/mol. The second-order valence-electron chi connectivity index (χ2n) is 9.83. The number of sulfone groups is 1. The summed E-state index contributed by atoms with van der Waals surface area (Å²) in [6, 6.07) is 5.67. The summed E-state index contributed by atoms with van der Waals surface area (Å²) in [6.07, 6.45) is -1.58. The third-order valence-electron chi connectivity index (χ3n) is 7.08. The summed E-state index contributed by atoms with van der Waals surface area (Å²) < 4.78 is 78.6. The number of carbonyl (C=O) groups is 2. The van der Waals surface area contributed by atoms with Gasteiger partial charge in [0.25, 0.3) is 5.91 Å². The Morgan fingerprint density at radius 1 is 1.18 bits per heavy atom. The van der Waals surface area contributed by atoms with Crippen LogP contribution < -0.4 is 5.32 Å². The molecule has 1 aliphatic carbocycles. The zero-order valence-electron chi connectivity index (χ0n) is 20.8. The van der Waals surface area contributed by atoms with Crippen LogP contribution in [0, 0.1) is 17.7 Å². The third kappa shape index (κ3) is 6.33. The molecule has 2 aromatic carbocycles. The number of halogens is 4. The minimum atomic E-state index is -4.71. The molecule has 4 rings (SSSR count). The summed E-state index contributed by atoms with van der Waals surface area (Å²) in [4.78, 5) is 28.1. The van der Waals surface area contributed by atoms with Crippen LogP contribution in [-0.2, 0) is 20.8 Å². The van der Waals surface area contributed by atoms with Crippen molar-refractivity contribution in [2.24, 2.45) is 11.8 Å². The third-order valence-corrected chi connectivity index (χ3v) is 8.78. The maximum Gasteiger partial charge on any atom is 0.416 e. The van der Waals surface area contributed by atoms with E-state index >= 15 is 0 Å². The lowest BCUT2D eigenvalue weighted by atomic mass is 9.98. The molecule has 1 saturated carbocycles. The SMILES string of the molecule is C=C[C@@H]1C[C@H](C(=O)N[C@@H](c2ccc(C(F)(F)F)cc2F)C2CC2)N(C(=O)c2cccc(S(=O)(=O)CCO)c2)C1. The molecule has 0 bridgehead atoms. The normalized spacial score (nSPS) is 20.5. The van der Waals surface area contributed by atoms with Crippen molar-refractivity contribution in [3.63, 3.8) is 0 Å². The van der Waals surface area contributed by atoms with Gasteiger partial charge in [-0.25, -0.2) is 12.8 Å². The van der Waals surface area contributed by atoms with E-state index in [1.165, 1.54) is 29.2 Å². The maximum absolute atomic E-state index is 14.8. The summed E-state index contributed by atoms with van der Waals surface area (Å²) in [5.74, 6) is -3.17. The number of nitrogens with zero attached hydrogens (tertiary/aromatic N) is 1. The molecule has 7 nitrogen and oxygen atoms in total. The van der Waals surface area contributed by atoms with Gasteiger partial charge in [0.1, 0.15) is 11.9 Å². The molecule has 2 amide bonds. The molecule has 0 aromatic heterocycles. The van der Waals surface area contributed by atoms with E-state index in [9.17, 15) is 35.6 Å². The fourth-order valence-electron chi connectivity index (χ4n) is 4.82. The van der Waals surface area contributed by atoms with E-state index < -0.39 is 63.7 Å². The molecule has 1 aliphatic heterocycles. The second kappa shape index (κ2) is 11.1. The zero-order valence-corrected chi connectivity index (χ0v) is 21.6. The highest BCUT2D eigenvalue weighted by Crippen LogP contribution is 2.43. The first-order valence-electron chi connectivity index (χ1n) is 12.4. The molecule has 0 spiro atoms. The number of benzene rings is 2. The molecule has 2 aromatic rings. The Labute approximate surface area is 223 Å². The van der Waals surface area contributed by atoms with Crippen LogP contribution in [0.15, 0.2) is 60.0 Å². The predicted octanol–water partition coefficient (Wildman–Crippen LogP) is 3.89. The topological polar surface area (TPSA) is 104 Å². The summed E-state index contributed by atoms with van der Waals surface area (Å²) in [6.45, 7) is 3.29. The van der Waals surface area contributed by atoms with E-state index in [0.717, 1.165) is 12.1 Å². The largest absolute Gasteiger partial charge is 0.416 e. The number of aliphatic hydroxyl groups excluding tert-OH is 1. The molecule has 12 heteroatoms. The van der Waals surface area contributed by atoms with Crippen molar-refractivity contribution in [1.82, 2.24) is 10.2 Å². The first-order valence-corrected chi connectivity index (χ1v) is 14.0. The number of amides is 2. The first-order chi connectivity index (χ1) is 18.4. The van der Waals surface area contributed by atoms with E-state index in [0.29, 0.717) is 18.9 Å². The lowest BCUT2D eigenvalue weighted by Crippen LogP contribution is -2.47. The van der Waals surface area contributed by atoms with Gasteiger partial charge in [-0.05, 0) is 61.4 Å². The summed E-state index contributed by atoms with van der Waals surface area (Å²) in [5, 5.41) is 11.8. The number of carbonyl (C=O) groups excluding carboxylic acids is 2. The van der Waals surface area contributed by atoms with Crippen molar-refractivity contribution in [1.29, 1.82) is 0 Å². The molecule has 1 heterocycles. The molecule has 210 valence electrons. The first kappa shape index (κ1) is 28.8. The summed E-state index contributed by atoms with van der Waals surface area (Å²) in [7, 11) is -3.82. The van der Waals surface area contributed by atoms with Gasteiger partial charge in [0.15, 0.2) is 9.84 Å². The number of aliphatic hydroxyl groups is 1. The van der Waals surface area contributed by atoms with E-state index in [1.807, 2.05) is 0 Å². The molecule has 2 aliphatic rings. The van der Waals surface area contributed by atoms with Crippen molar-refractivity contribution >= 4 is 21.7 Å². The van der Waals surface area contributed by atoms with Crippen molar-refractivity contribution in [3.8, 4) is 0 Å². The fraction of sp³-hybridized carbons (Fsp3) is 0.407. The van der Waals surface area contributed by atoms with Crippen LogP contribution in [0.3, 0.4) is 0 Å². The number of alkyl halides is 3. The molecule has 0 radical (unpaired) electrons. The lowest BCUT2D eigenvalue weighted by Gasteiger charge is -2.27. The Morgan fingerprint density at radius 3 is 2.49 bits per heavy atom. The maximum atomic E-state index is 14.8. The van der Waals surface area contributed by atoms with Gasteiger partial charge >= 0.3 is 6.18 Å². The molecule has 3 atom stereocenters. The van der Waals surface area contributed by atoms with Crippen LogP contribution >= 0.6 is 0 Å². The molecule has 39 heavy (non-hydrogen) atoms. The number of rotatable bonds is 9. The van der Waals surface area contributed by atoms with Crippen molar-refractivity contribution < 1.29 is 40.7 Å². The average molecular weight is 569 g/mol. The standard InChI is InChI=1S/C27H28F4N2O5S/c1-2-16-12-23(33(15-16)26(36)18-4-3-5-20(13-18)39(37,38)11-10-34)25(35)32-24(17-6-7-17)21-9-8-19(14-22(21)28)27(29,30)31/h2-5,8-9,13-14,16-17,23-24,34H,1,6-7,10-12,15H2,(H,32,35)/t16-,23-,24-/m1/s1. The van der Waals surface area contributed by atoms with Crippen LogP contribution in [-0.4, -0.2) is 55.2 Å². The van der Waals surface area contributed by atoms with Gasteiger partial charge in [0.2, 0.25) is 5.91 Å². The quantitative estimate of drug-likeness (QED) is 0.353. The van der Waals surface area contributed by atoms with Crippen LogP contribution in [0.5, 0.6) is 0 Å². The molecule has 2 N–H and O–H groups in total. The highest BCUT2D eigenvalue weighted by Gasteiger charge is 2.42. The minimum absolute atomic E-state index is 0.0315. The average Bonchev–Trinajstić information content (AvgIpc) is 3.64. The number of hydrogen-bond donors (Lipinski definition) is 2. The van der Waals surface area contributed by atoms with Crippen LogP contribution in [0.4, 0.5) is 17.6 Å². The monoisotopic (exact) mass is 568 g/mol. The van der Waals surface area contributed by atoms with Crippen LogP contribution in [0.1, 0.15) is 46.8 Å². The molecule has 2 fully saturated rings. The van der Waals surface area contributed by atoms with Gasteiger partial charge in [0.05, 0.1) is 28.9 Å². The van der Waals surface area contributed by atoms with E-state index in [4.69, 9.17) is 5.11 Å². The summed E-state index contributed by atoms with van der Waals surface area (Å²) in [5.41, 5.74) is -1.16. The van der Waals surface area contributed by atoms with E-state index in [2.05, 4.69) is 11.9 Å². The molecular formula is C27H28F4N2O5S. The Hall–Kier alpha value is -3.25. The number of hydrogen-bond acceptors (Lipinski definition) is 5. The van der Waals surface area contributed by atoms with Crippen molar-refractivity contribution in [2.75, 3.05) is 18.9 Å². The van der Waals surface area contributed by atoms with E-state index in [1.54, 1.807) is 6.08 Å². The second-order valence-corrected chi connectivity index (χ2v) is 11.9. The smallest absolute Gasteiger partial charge is 0.395 e. The highest BCUT2D eigenvalue weighted by atomic mass is 32.2. The van der Waals surface area contributed by atoms with Crippen molar-refractivity contribution in [2.45, 2.75) is 42.4 Å². The Kier molecular flexibility index (Phi) is 8.17. The van der Waals surface area contributed by atoms with Gasteiger partial charge in [-0.1, -0.05) is 18.2 Å². The van der Waals surface area contributed by atoms with E-state index in [-0.39, 0.29) is 40.8 Å². The fourth-order valence-corrected chi connectivity index (χ4v) is 5.89. The minimum Gasteiger partial charge on any atom is -0.395 e. The van der Waals surface area contributed by atoms with Gasteiger partial charge < -0.3 is 15.3 Å². The van der Waals surface area contributed by atoms with Crippen LogP contribution in [0.25, 0.3) is 0 Å². The Bertz CT molecular complexity index is 1370. The van der Waals surface area contributed by atoms with Gasteiger partial charge in [-0.3, -0.25) is 9.59 Å². The molecular weight excluding hydrogens is 540 g/mol. The van der Waals surface area contributed by atoms with Gasteiger partial charge in [-0.2, -0.15) is 13.2 Å². The molecule has 0 unspecified atom stereocenters. The number of nitrogens with one attached hydrogen (secondary N) is 1. The zero-order chi connectivity index (χ0) is 28.5. The highest BCUT2D eigenvalue weighted by molar-refractivity contribution is 7.91. The van der Waals surface area contributed by atoms with Gasteiger partial charge in [-0.15, -0.1) is 6.58 Å². The summed E-state index contributed by atoms with van der Waals surface area (Å²) >= 11 is 0. The lowest BCUT2D eigenvalue weighted by molar-refractivity contribution is -0.137. The van der Waals surface area contributed by atoms with Gasteiger partial charge in [0, 0.05) is 17.7 Å². The Morgan fingerprint density at radius 2 is 1.90 bits per heavy atom. The number of likely N-dealkylation sites (tertiary alicyclic amines) is 1. The van der Waals surface area contributed by atoms with Crippen LogP contribution in [0.2, 0.25) is 0 Å².